The highest BCUT2D eigenvalue weighted by Crippen LogP contribution is 2.12. The molecular formula is C11H10N4O3. The number of nitrogens with one attached hydrogen (secondary N) is 2. The third-order valence-electron chi connectivity index (χ3n) is 2.27. The molecule has 0 radical (unpaired) electrons. The van der Waals surface area contributed by atoms with E-state index < -0.39 is 4.92 Å². The lowest BCUT2D eigenvalue weighted by Crippen LogP contribution is -2.15. The molecule has 7 heteroatoms. The predicted molar refractivity (Wildman–Crippen MR) is 64.0 cm³/mol. The molecule has 0 spiro atoms. The Labute approximate surface area is 102 Å². The Hall–Kier alpha value is -2.70. The second kappa shape index (κ2) is 5.09. The average Bonchev–Trinajstić information content (AvgIpc) is 2.82. The zero-order valence-electron chi connectivity index (χ0n) is 9.29. The molecule has 92 valence electrons. The van der Waals surface area contributed by atoms with Crippen molar-refractivity contribution in [1.82, 2.24) is 9.97 Å². The molecule has 18 heavy (non-hydrogen) atoms. The van der Waals surface area contributed by atoms with Crippen molar-refractivity contribution in [3.05, 3.63) is 52.3 Å². The number of nitrogens with zero attached hydrogens (tertiary/aromatic N) is 2. The Morgan fingerprint density at radius 3 is 2.67 bits per heavy atom. The lowest BCUT2D eigenvalue weighted by atomic mass is 10.1. The van der Waals surface area contributed by atoms with Gasteiger partial charge in [-0.2, -0.15) is 0 Å². The quantitative estimate of drug-likeness (QED) is 0.630. The van der Waals surface area contributed by atoms with Crippen LogP contribution >= 0.6 is 0 Å². The molecule has 0 aliphatic heterocycles. The number of hydrogen-bond acceptors (Lipinski definition) is 4. The minimum atomic E-state index is -0.479. The molecule has 2 rings (SSSR count). The van der Waals surface area contributed by atoms with Crippen LogP contribution in [0.3, 0.4) is 0 Å². The SMILES string of the molecule is O=C(Cc1ccc([N+](=O)[O-])cc1)Nc1ncc[nH]1. The van der Waals surface area contributed by atoms with Crippen LogP contribution in [0.15, 0.2) is 36.7 Å². The normalized spacial score (nSPS) is 10.0. The minimum absolute atomic E-state index is 0.00481. The van der Waals surface area contributed by atoms with E-state index in [1.807, 2.05) is 0 Å². The summed E-state index contributed by atoms with van der Waals surface area (Å²) in [6.45, 7) is 0. The average molecular weight is 246 g/mol. The van der Waals surface area contributed by atoms with Crippen LogP contribution in [0.1, 0.15) is 5.56 Å². The molecule has 1 amide bonds. The minimum Gasteiger partial charge on any atom is -0.331 e. The first-order valence-corrected chi connectivity index (χ1v) is 5.18. The molecule has 0 aliphatic rings. The summed E-state index contributed by atoms with van der Waals surface area (Å²) in [5, 5.41) is 13.0. The number of carbonyl (C=O) groups excluding carboxylic acids is 1. The Morgan fingerprint density at radius 1 is 1.39 bits per heavy atom. The predicted octanol–water partition coefficient (Wildman–Crippen LogP) is 1.50. The molecule has 0 aliphatic carbocycles. The van der Waals surface area contributed by atoms with E-state index in [2.05, 4.69) is 15.3 Å². The number of benzene rings is 1. The van der Waals surface area contributed by atoms with Gasteiger partial charge < -0.3 is 4.98 Å². The van der Waals surface area contributed by atoms with Crippen LogP contribution < -0.4 is 5.32 Å². The highest BCUT2D eigenvalue weighted by Gasteiger charge is 2.08. The first kappa shape index (κ1) is 11.8. The summed E-state index contributed by atoms with van der Waals surface area (Å²) in [7, 11) is 0. The lowest BCUT2D eigenvalue weighted by molar-refractivity contribution is -0.384. The Morgan fingerprint density at radius 2 is 2.11 bits per heavy atom. The molecule has 0 bridgehead atoms. The molecule has 0 unspecified atom stereocenters. The van der Waals surface area contributed by atoms with Crippen molar-refractivity contribution in [3.63, 3.8) is 0 Å². The summed E-state index contributed by atoms with van der Waals surface area (Å²) < 4.78 is 0. The molecule has 0 fully saturated rings. The molecular weight excluding hydrogens is 236 g/mol. The van der Waals surface area contributed by atoms with E-state index in [-0.39, 0.29) is 18.0 Å². The summed E-state index contributed by atoms with van der Waals surface area (Å²) in [6.07, 6.45) is 3.27. The lowest BCUT2D eigenvalue weighted by Gasteiger charge is -2.01. The molecule has 7 nitrogen and oxygen atoms in total. The number of non-ortho nitro benzene ring substituents is 1. The number of H-pyrrole nitrogens is 1. The first-order chi connectivity index (χ1) is 8.65. The van der Waals surface area contributed by atoms with Gasteiger partial charge in [-0.3, -0.25) is 20.2 Å². The number of nitro groups is 1. The summed E-state index contributed by atoms with van der Waals surface area (Å²) in [4.78, 5) is 28.2. The van der Waals surface area contributed by atoms with Gasteiger partial charge in [-0.1, -0.05) is 12.1 Å². The summed E-state index contributed by atoms with van der Waals surface area (Å²) in [5.41, 5.74) is 0.704. The van der Waals surface area contributed by atoms with Crippen LogP contribution in [0.4, 0.5) is 11.6 Å². The number of amides is 1. The Kier molecular flexibility index (Phi) is 3.33. The molecule has 0 saturated heterocycles. The van der Waals surface area contributed by atoms with Gasteiger partial charge in [0.2, 0.25) is 11.9 Å². The summed E-state index contributed by atoms with van der Waals surface area (Å²) in [5.74, 6) is 0.140. The molecule has 1 aromatic carbocycles. The van der Waals surface area contributed by atoms with Crippen molar-refractivity contribution in [2.45, 2.75) is 6.42 Å². The fourth-order valence-corrected chi connectivity index (χ4v) is 1.43. The second-order valence-electron chi connectivity index (χ2n) is 3.59. The van der Waals surface area contributed by atoms with Gasteiger partial charge in [-0.05, 0) is 5.56 Å². The standard InChI is InChI=1S/C11H10N4O3/c16-10(14-11-12-5-6-13-11)7-8-1-3-9(4-2-8)15(17)18/h1-6H,7H2,(H2,12,13,14,16). The topological polar surface area (TPSA) is 101 Å². The van der Waals surface area contributed by atoms with Crippen molar-refractivity contribution >= 4 is 17.5 Å². The highest BCUT2D eigenvalue weighted by molar-refractivity contribution is 5.90. The monoisotopic (exact) mass is 246 g/mol. The van der Waals surface area contributed by atoms with Crippen molar-refractivity contribution < 1.29 is 9.72 Å². The molecule has 1 heterocycles. The summed E-state index contributed by atoms with van der Waals surface area (Å²) in [6, 6.07) is 5.85. The number of aromatic nitrogens is 2. The molecule has 2 aromatic rings. The summed E-state index contributed by atoms with van der Waals surface area (Å²) >= 11 is 0. The number of carbonyl (C=O) groups is 1. The number of nitro benzene ring substituents is 1. The molecule has 2 N–H and O–H groups in total. The van der Waals surface area contributed by atoms with Crippen molar-refractivity contribution in [2.75, 3.05) is 5.32 Å². The highest BCUT2D eigenvalue weighted by atomic mass is 16.6. The van der Waals surface area contributed by atoms with E-state index in [1.165, 1.54) is 18.3 Å². The maximum absolute atomic E-state index is 11.6. The van der Waals surface area contributed by atoms with Crippen molar-refractivity contribution in [1.29, 1.82) is 0 Å². The van der Waals surface area contributed by atoms with Crippen LogP contribution in [0, 0.1) is 10.1 Å². The van der Waals surface area contributed by atoms with Crippen LogP contribution in [0.2, 0.25) is 0 Å². The van der Waals surface area contributed by atoms with Gasteiger partial charge in [0.25, 0.3) is 5.69 Å². The maximum Gasteiger partial charge on any atom is 0.269 e. The number of imidazole rings is 1. The number of anilines is 1. The second-order valence-corrected chi connectivity index (χ2v) is 3.59. The van der Waals surface area contributed by atoms with E-state index in [4.69, 9.17) is 0 Å². The maximum atomic E-state index is 11.6. The smallest absolute Gasteiger partial charge is 0.269 e. The van der Waals surface area contributed by atoms with E-state index in [1.54, 1.807) is 18.3 Å². The van der Waals surface area contributed by atoms with Crippen LogP contribution in [-0.2, 0) is 11.2 Å². The number of rotatable bonds is 4. The van der Waals surface area contributed by atoms with Gasteiger partial charge >= 0.3 is 0 Å². The zero-order valence-corrected chi connectivity index (χ0v) is 9.29. The van der Waals surface area contributed by atoms with E-state index in [9.17, 15) is 14.9 Å². The van der Waals surface area contributed by atoms with Crippen LogP contribution in [0.25, 0.3) is 0 Å². The van der Waals surface area contributed by atoms with Gasteiger partial charge in [0.05, 0.1) is 11.3 Å². The first-order valence-electron chi connectivity index (χ1n) is 5.18. The fourth-order valence-electron chi connectivity index (χ4n) is 1.43. The molecule has 1 aromatic heterocycles. The van der Waals surface area contributed by atoms with E-state index >= 15 is 0 Å². The van der Waals surface area contributed by atoms with E-state index in [0.29, 0.717) is 11.5 Å². The molecule has 0 atom stereocenters. The van der Waals surface area contributed by atoms with Gasteiger partial charge in [-0.25, -0.2) is 4.98 Å². The largest absolute Gasteiger partial charge is 0.331 e. The molecule has 0 saturated carbocycles. The zero-order chi connectivity index (χ0) is 13.0. The third kappa shape index (κ3) is 2.91. The van der Waals surface area contributed by atoms with Crippen LogP contribution in [0.5, 0.6) is 0 Å². The Balaban J connectivity index is 1.97. The van der Waals surface area contributed by atoms with Crippen LogP contribution in [-0.4, -0.2) is 20.8 Å². The number of hydrogen-bond donors (Lipinski definition) is 2. The van der Waals surface area contributed by atoms with Gasteiger partial charge in [0.1, 0.15) is 0 Å². The Bertz CT molecular complexity index is 548. The van der Waals surface area contributed by atoms with Gasteiger partial charge in [0, 0.05) is 24.5 Å². The third-order valence-corrected chi connectivity index (χ3v) is 2.27. The van der Waals surface area contributed by atoms with Gasteiger partial charge in [0.15, 0.2) is 0 Å². The fraction of sp³-hybridized carbons (Fsp3) is 0.0909. The van der Waals surface area contributed by atoms with E-state index in [0.717, 1.165) is 0 Å². The number of aromatic amines is 1. The van der Waals surface area contributed by atoms with Crippen molar-refractivity contribution in [2.24, 2.45) is 0 Å². The van der Waals surface area contributed by atoms with Crippen molar-refractivity contribution in [3.8, 4) is 0 Å². The van der Waals surface area contributed by atoms with Gasteiger partial charge in [-0.15, -0.1) is 0 Å².